The number of nitrogens with two attached hydrogens (primary N) is 1. The molecule has 9 heteroatoms. The van der Waals surface area contributed by atoms with E-state index in [-0.39, 0.29) is 29.7 Å². The van der Waals surface area contributed by atoms with Gasteiger partial charge in [-0.25, -0.2) is 13.8 Å². The molecule has 1 amide bonds. The van der Waals surface area contributed by atoms with Crippen molar-refractivity contribution in [2.45, 2.75) is 6.54 Å². The Kier molecular flexibility index (Phi) is 6.35. The molecule has 0 aliphatic carbocycles. The van der Waals surface area contributed by atoms with Crippen molar-refractivity contribution in [3.05, 3.63) is 95.8 Å². The summed E-state index contributed by atoms with van der Waals surface area (Å²) in [5, 5.41) is 13.2. The summed E-state index contributed by atoms with van der Waals surface area (Å²) >= 11 is 0. The predicted molar refractivity (Wildman–Crippen MR) is 126 cm³/mol. The molecule has 0 saturated heterocycles. The molecule has 0 atom stereocenters. The smallest absolute Gasteiger partial charge is 0.251 e. The molecule has 0 aliphatic rings. The number of anilines is 3. The molecule has 4 N–H and O–H groups in total. The minimum absolute atomic E-state index is 0.0395. The van der Waals surface area contributed by atoms with Crippen molar-refractivity contribution in [1.29, 1.82) is 0 Å². The van der Waals surface area contributed by atoms with E-state index in [9.17, 15) is 18.7 Å². The standard InChI is InChI=1S/C25H21F2N5O2/c1-32(22-6-3-17(26)12-20(22)27)18-4-7-23(33)19(13-18)21-5-2-16(24(28)31-21)14-30-25(34)15-8-10-29-11-9-15/h2-13,33H,14H2,1H3,(H2,28,31)(H,30,34). The van der Waals surface area contributed by atoms with Crippen LogP contribution < -0.4 is 16.0 Å². The van der Waals surface area contributed by atoms with Crippen LogP contribution in [0.25, 0.3) is 11.3 Å². The number of aromatic hydroxyl groups is 1. The Hall–Kier alpha value is -4.53. The van der Waals surface area contributed by atoms with Gasteiger partial charge in [-0.15, -0.1) is 0 Å². The number of carbonyl (C=O) groups excluding carboxylic acids is 1. The highest BCUT2D eigenvalue weighted by molar-refractivity contribution is 5.94. The van der Waals surface area contributed by atoms with Crippen molar-refractivity contribution in [2.75, 3.05) is 17.7 Å². The number of nitrogens with zero attached hydrogens (tertiary/aromatic N) is 3. The molecule has 0 unspecified atom stereocenters. The second-order valence-electron chi connectivity index (χ2n) is 7.52. The van der Waals surface area contributed by atoms with Crippen LogP contribution in [0.15, 0.2) is 73.1 Å². The van der Waals surface area contributed by atoms with Gasteiger partial charge in [-0.3, -0.25) is 9.78 Å². The highest BCUT2D eigenvalue weighted by Crippen LogP contribution is 2.35. The minimum Gasteiger partial charge on any atom is -0.507 e. The molecule has 0 bridgehead atoms. The van der Waals surface area contributed by atoms with Gasteiger partial charge in [0, 0.05) is 54.4 Å². The summed E-state index contributed by atoms with van der Waals surface area (Å²) in [6.45, 7) is 0.166. The van der Waals surface area contributed by atoms with Crippen molar-refractivity contribution in [3.8, 4) is 17.0 Å². The molecule has 34 heavy (non-hydrogen) atoms. The zero-order chi connectivity index (χ0) is 24.2. The maximum atomic E-state index is 14.2. The predicted octanol–water partition coefficient (Wildman–Crippen LogP) is 4.41. The van der Waals surface area contributed by atoms with E-state index in [1.54, 1.807) is 43.4 Å². The lowest BCUT2D eigenvalue weighted by Crippen LogP contribution is -2.23. The molecule has 0 spiro atoms. The van der Waals surface area contributed by atoms with E-state index in [2.05, 4.69) is 15.3 Å². The largest absolute Gasteiger partial charge is 0.507 e. The molecule has 0 radical (unpaired) electrons. The molecule has 2 aromatic heterocycles. The second kappa shape index (κ2) is 9.53. The molecule has 0 fully saturated rings. The lowest BCUT2D eigenvalue weighted by atomic mass is 10.1. The summed E-state index contributed by atoms with van der Waals surface area (Å²) in [6, 6.07) is 14.6. The first-order valence-electron chi connectivity index (χ1n) is 10.3. The van der Waals surface area contributed by atoms with Crippen LogP contribution in [0.3, 0.4) is 0 Å². The zero-order valence-electron chi connectivity index (χ0n) is 18.2. The number of aromatic nitrogens is 2. The van der Waals surface area contributed by atoms with Crippen LogP contribution in [-0.4, -0.2) is 28.0 Å². The molecule has 4 aromatic rings. The molecule has 2 heterocycles. The van der Waals surface area contributed by atoms with Gasteiger partial charge in [0.2, 0.25) is 0 Å². The van der Waals surface area contributed by atoms with Gasteiger partial charge in [-0.1, -0.05) is 6.07 Å². The highest BCUT2D eigenvalue weighted by Gasteiger charge is 2.15. The highest BCUT2D eigenvalue weighted by atomic mass is 19.1. The molecule has 0 saturated carbocycles. The number of rotatable bonds is 6. The van der Waals surface area contributed by atoms with E-state index < -0.39 is 11.6 Å². The first-order chi connectivity index (χ1) is 16.3. The number of amides is 1. The van der Waals surface area contributed by atoms with Gasteiger partial charge < -0.3 is 21.1 Å². The zero-order valence-corrected chi connectivity index (χ0v) is 18.2. The van der Waals surface area contributed by atoms with Gasteiger partial charge in [0.05, 0.1) is 11.4 Å². The number of carbonyl (C=O) groups is 1. The topological polar surface area (TPSA) is 104 Å². The molecule has 172 valence electrons. The van der Waals surface area contributed by atoms with Crippen molar-refractivity contribution in [2.24, 2.45) is 0 Å². The average Bonchev–Trinajstić information content (AvgIpc) is 2.83. The number of phenols is 1. The van der Waals surface area contributed by atoms with Gasteiger partial charge in [0.1, 0.15) is 23.2 Å². The molecular weight excluding hydrogens is 440 g/mol. The lowest BCUT2D eigenvalue weighted by molar-refractivity contribution is 0.0951. The van der Waals surface area contributed by atoms with E-state index in [1.165, 1.54) is 35.5 Å². The fraction of sp³-hybridized carbons (Fsp3) is 0.0800. The summed E-state index contributed by atoms with van der Waals surface area (Å²) in [5.74, 6) is -1.50. The first-order valence-corrected chi connectivity index (χ1v) is 10.3. The number of pyridine rings is 2. The normalized spacial score (nSPS) is 10.7. The average molecular weight is 461 g/mol. The van der Waals surface area contributed by atoms with Crippen molar-refractivity contribution >= 4 is 23.1 Å². The summed E-state index contributed by atoms with van der Waals surface area (Å²) < 4.78 is 27.5. The van der Waals surface area contributed by atoms with Gasteiger partial charge >= 0.3 is 0 Å². The van der Waals surface area contributed by atoms with Gasteiger partial charge in [-0.2, -0.15) is 0 Å². The third-order valence-corrected chi connectivity index (χ3v) is 5.31. The van der Waals surface area contributed by atoms with Crippen molar-refractivity contribution < 1.29 is 18.7 Å². The Morgan fingerprint density at radius 1 is 1.06 bits per heavy atom. The van der Waals surface area contributed by atoms with E-state index in [1.807, 2.05) is 0 Å². The first kappa shape index (κ1) is 22.7. The lowest BCUT2D eigenvalue weighted by Gasteiger charge is -2.21. The van der Waals surface area contributed by atoms with E-state index in [4.69, 9.17) is 5.73 Å². The number of phenolic OH excluding ortho intramolecular Hbond substituents is 1. The number of nitrogens with one attached hydrogen (secondary N) is 1. The van der Waals surface area contributed by atoms with Crippen LogP contribution in [0.1, 0.15) is 15.9 Å². The van der Waals surface area contributed by atoms with Crippen LogP contribution in [0.5, 0.6) is 5.75 Å². The molecule has 4 rings (SSSR count). The Bertz CT molecular complexity index is 1350. The van der Waals surface area contributed by atoms with Gasteiger partial charge in [0.15, 0.2) is 0 Å². The number of benzene rings is 2. The molecular formula is C25H21F2N5O2. The number of hydrogen-bond acceptors (Lipinski definition) is 6. The van der Waals surface area contributed by atoms with Crippen LogP contribution in [0, 0.1) is 11.6 Å². The number of halogens is 2. The third-order valence-electron chi connectivity index (χ3n) is 5.31. The Balaban J connectivity index is 1.56. The second-order valence-corrected chi connectivity index (χ2v) is 7.52. The minimum atomic E-state index is -0.710. The fourth-order valence-corrected chi connectivity index (χ4v) is 3.41. The van der Waals surface area contributed by atoms with E-state index in [0.29, 0.717) is 28.1 Å². The summed E-state index contributed by atoms with van der Waals surface area (Å²) in [5.41, 5.74) is 8.68. The maximum absolute atomic E-state index is 14.2. The van der Waals surface area contributed by atoms with Crippen LogP contribution in [0.2, 0.25) is 0 Å². The monoisotopic (exact) mass is 461 g/mol. The SMILES string of the molecule is CN(c1ccc(O)c(-c2ccc(CNC(=O)c3ccncc3)c(N)n2)c1)c1ccc(F)cc1F. The number of hydrogen-bond donors (Lipinski definition) is 3. The molecule has 0 aliphatic heterocycles. The van der Waals surface area contributed by atoms with Crippen LogP contribution >= 0.6 is 0 Å². The summed E-state index contributed by atoms with van der Waals surface area (Å²) in [4.78, 5) is 22.0. The Morgan fingerprint density at radius 3 is 2.53 bits per heavy atom. The molecule has 2 aromatic carbocycles. The summed E-state index contributed by atoms with van der Waals surface area (Å²) in [7, 11) is 1.63. The van der Waals surface area contributed by atoms with Crippen LogP contribution in [-0.2, 0) is 6.54 Å². The fourth-order valence-electron chi connectivity index (χ4n) is 3.41. The summed E-state index contributed by atoms with van der Waals surface area (Å²) in [6.07, 6.45) is 3.06. The Labute approximate surface area is 194 Å². The molecule has 7 nitrogen and oxygen atoms in total. The third kappa shape index (κ3) is 4.78. The van der Waals surface area contributed by atoms with E-state index in [0.717, 1.165) is 6.07 Å². The van der Waals surface area contributed by atoms with Crippen molar-refractivity contribution in [1.82, 2.24) is 15.3 Å². The van der Waals surface area contributed by atoms with E-state index >= 15 is 0 Å². The van der Waals surface area contributed by atoms with Crippen molar-refractivity contribution in [3.63, 3.8) is 0 Å². The quantitative estimate of drug-likeness (QED) is 0.393. The number of nitrogen functional groups attached to an aromatic ring is 1. The van der Waals surface area contributed by atoms with Gasteiger partial charge in [0.25, 0.3) is 5.91 Å². The maximum Gasteiger partial charge on any atom is 0.251 e. The Morgan fingerprint density at radius 2 is 1.82 bits per heavy atom. The van der Waals surface area contributed by atoms with Gasteiger partial charge in [-0.05, 0) is 48.5 Å². The van der Waals surface area contributed by atoms with Crippen LogP contribution in [0.4, 0.5) is 26.0 Å².